The molecule has 2 aromatic rings. The minimum absolute atomic E-state index is 0.0962. The van der Waals surface area contributed by atoms with E-state index in [9.17, 15) is 13.2 Å². The molecular formula is C15H10Cl2F3N3S. The fourth-order valence-corrected chi connectivity index (χ4v) is 2.29. The fourth-order valence-electron chi connectivity index (χ4n) is 1.77. The van der Waals surface area contributed by atoms with Crippen molar-refractivity contribution in [2.75, 3.05) is 5.32 Å². The van der Waals surface area contributed by atoms with Gasteiger partial charge in [0, 0.05) is 5.56 Å². The highest BCUT2D eigenvalue weighted by Gasteiger charge is 2.33. The molecule has 0 radical (unpaired) electrons. The van der Waals surface area contributed by atoms with Crippen molar-refractivity contribution >= 4 is 52.4 Å². The normalized spacial score (nSPS) is 11.5. The van der Waals surface area contributed by atoms with Crippen molar-refractivity contribution in [2.24, 2.45) is 5.10 Å². The highest BCUT2D eigenvalue weighted by Crippen LogP contribution is 2.34. The van der Waals surface area contributed by atoms with Crippen molar-refractivity contribution in [3.63, 3.8) is 0 Å². The number of anilines is 1. The van der Waals surface area contributed by atoms with Crippen molar-refractivity contribution in [3.05, 3.63) is 63.6 Å². The molecule has 0 aromatic heterocycles. The Balaban J connectivity index is 2.05. The summed E-state index contributed by atoms with van der Waals surface area (Å²) in [5.41, 5.74) is 1.97. The van der Waals surface area contributed by atoms with E-state index in [4.69, 9.17) is 35.4 Å². The van der Waals surface area contributed by atoms with E-state index in [1.54, 1.807) is 18.2 Å². The van der Waals surface area contributed by atoms with Gasteiger partial charge in [-0.1, -0.05) is 47.5 Å². The van der Waals surface area contributed by atoms with Crippen LogP contribution in [0.2, 0.25) is 10.0 Å². The summed E-state index contributed by atoms with van der Waals surface area (Å²) in [6.45, 7) is 0. The number of nitrogens with one attached hydrogen (secondary N) is 2. The molecule has 0 atom stereocenters. The zero-order valence-electron chi connectivity index (χ0n) is 11.9. The summed E-state index contributed by atoms with van der Waals surface area (Å²) in [5, 5.41) is 6.86. The zero-order chi connectivity index (χ0) is 17.7. The zero-order valence-corrected chi connectivity index (χ0v) is 14.2. The van der Waals surface area contributed by atoms with Gasteiger partial charge in [0.1, 0.15) is 0 Å². The SMILES string of the molecule is FC(F)(F)c1ccccc1NC(=S)N/N=C\c1cccc(Cl)c1Cl. The molecule has 9 heteroatoms. The van der Waals surface area contributed by atoms with E-state index in [1.807, 2.05) is 0 Å². The molecule has 3 nitrogen and oxygen atoms in total. The summed E-state index contributed by atoms with van der Waals surface area (Å²) in [4.78, 5) is 0. The topological polar surface area (TPSA) is 36.4 Å². The molecule has 0 fully saturated rings. The standard InChI is InChI=1S/C15H10Cl2F3N3S/c16-11-6-3-4-9(13(11)17)8-21-23-14(24)22-12-7-2-1-5-10(12)15(18,19)20/h1-8H,(H2,22,23,24)/b21-8-. The number of benzene rings is 2. The summed E-state index contributed by atoms with van der Waals surface area (Å²) in [6, 6.07) is 9.97. The maximum atomic E-state index is 12.9. The minimum atomic E-state index is -4.49. The largest absolute Gasteiger partial charge is 0.418 e. The fraction of sp³-hybridized carbons (Fsp3) is 0.0667. The first kappa shape index (κ1) is 18.5. The summed E-state index contributed by atoms with van der Waals surface area (Å²) >= 11 is 16.8. The van der Waals surface area contributed by atoms with Crippen LogP contribution in [0.15, 0.2) is 47.6 Å². The molecule has 2 aromatic carbocycles. The molecule has 0 heterocycles. The van der Waals surface area contributed by atoms with Gasteiger partial charge in [-0.15, -0.1) is 0 Å². The predicted molar refractivity (Wildman–Crippen MR) is 94.9 cm³/mol. The minimum Gasteiger partial charge on any atom is -0.331 e. The summed E-state index contributed by atoms with van der Waals surface area (Å²) in [5.74, 6) is 0. The lowest BCUT2D eigenvalue weighted by molar-refractivity contribution is -0.136. The van der Waals surface area contributed by atoms with Gasteiger partial charge >= 0.3 is 6.18 Å². The monoisotopic (exact) mass is 391 g/mol. The molecule has 0 amide bonds. The number of hydrazone groups is 1. The lowest BCUT2D eigenvalue weighted by atomic mass is 10.2. The highest BCUT2D eigenvalue weighted by atomic mass is 35.5. The molecule has 0 aliphatic heterocycles. The van der Waals surface area contributed by atoms with Gasteiger partial charge in [-0.25, -0.2) is 0 Å². The van der Waals surface area contributed by atoms with Crippen LogP contribution >= 0.6 is 35.4 Å². The molecular weight excluding hydrogens is 382 g/mol. The molecule has 2 rings (SSSR count). The van der Waals surface area contributed by atoms with Gasteiger partial charge in [-0.2, -0.15) is 18.3 Å². The van der Waals surface area contributed by atoms with Crippen molar-refractivity contribution in [2.45, 2.75) is 6.18 Å². The van der Waals surface area contributed by atoms with E-state index < -0.39 is 11.7 Å². The second kappa shape index (κ2) is 7.83. The van der Waals surface area contributed by atoms with Crippen LogP contribution in [0.4, 0.5) is 18.9 Å². The maximum Gasteiger partial charge on any atom is 0.418 e. The first-order valence-corrected chi connectivity index (χ1v) is 7.66. The van der Waals surface area contributed by atoms with Crippen LogP contribution < -0.4 is 10.7 Å². The number of para-hydroxylation sites is 1. The maximum absolute atomic E-state index is 12.9. The molecule has 0 aliphatic carbocycles. The van der Waals surface area contributed by atoms with Crippen molar-refractivity contribution < 1.29 is 13.2 Å². The van der Waals surface area contributed by atoms with Crippen LogP contribution in [-0.4, -0.2) is 11.3 Å². The molecule has 0 spiro atoms. The van der Waals surface area contributed by atoms with E-state index in [1.165, 1.54) is 24.4 Å². The van der Waals surface area contributed by atoms with Crippen LogP contribution in [0.5, 0.6) is 0 Å². The second-order valence-corrected chi connectivity index (χ2v) is 5.70. The van der Waals surface area contributed by atoms with Gasteiger partial charge in [-0.3, -0.25) is 5.43 Å². The molecule has 0 bridgehead atoms. The third kappa shape index (κ3) is 4.83. The Morgan fingerprint density at radius 3 is 2.50 bits per heavy atom. The van der Waals surface area contributed by atoms with E-state index in [0.29, 0.717) is 15.6 Å². The van der Waals surface area contributed by atoms with E-state index in [2.05, 4.69) is 15.8 Å². The molecule has 126 valence electrons. The number of hydrogen-bond donors (Lipinski definition) is 2. The van der Waals surface area contributed by atoms with Crippen LogP contribution in [0, 0.1) is 0 Å². The second-order valence-electron chi connectivity index (χ2n) is 4.51. The highest BCUT2D eigenvalue weighted by molar-refractivity contribution is 7.80. The average Bonchev–Trinajstić information content (AvgIpc) is 2.51. The Morgan fingerprint density at radius 1 is 1.08 bits per heavy atom. The molecule has 2 N–H and O–H groups in total. The number of hydrogen-bond acceptors (Lipinski definition) is 2. The number of alkyl halides is 3. The summed E-state index contributed by atoms with van der Waals surface area (Å²) < 4.78 is 38.7. The molecule has 24 heavy (non-hydrogen) atoms. The summed E-state index contributed by atoms with van der Waals surface area (Å²) in [7, 11) is 0. The Morgan fingerprint density at radius 2 is 1.79 bits per heavy atom. The average molecular weight is 392 g/mol. The van der Waals surface area contributed by atoms with Crippen LogP contribution in [-0.2, 0) is 6.18 Å². The third-order valence-corrected chi connectivity index (χ3v) is 3.86. The molecule has 0 saturated heterocycles. The summed E-state index contributed by atoms with van der Waals surface area (Å²) in [6.07, 6.45) is -3.13. The Labute approximate surface area is 151 Å². The Kier molecular flexibility index (Phi) is 6.04. The molecule has 0 aliphatic rings. The van der Waals surface area contributed by atoms with Crippen LogP contribution in [0.25, 0.3) is 0 Å². The van der Waals surface area contributed by atoms with E-state index >= 15 is 0 Å². The number of rotatable bonds is 3. The quantitative estimate of drug-likeness (QED) is 0.421. The van der Waals surface area contributed by atoms with Crippen LogP contribution in [0.1, 0.15) is 11.1 Å². The van der Waals surface area contributed by atoms with Crippen LogP contribution in [0.3, 0.4) is 0 Å². The van der Waals surface area contributed by atoms with Gasteiger partial charge in [0.25, 0.3) is 0 Å². The Hall–Kier alpha value is -1.83. The number of nitrogens with zero attached hydrogens (tertiary/aromatic N) is 1. The van der Waals surface area contributed by atoms with Gasteiger partial charge in [0.2, 0.25) is 0 Å². The number of halogens is 5. The predicted octanol–water partition coefficient (Wildman–Crippen LogP) is 5.33. The molecule has 0 saturated carbocycles. The first-order valence-electron chi connectivity index (χ1n) is 6.49. The van der Waals surface area contributed by atoms with E-state index in [0.717, 1.165) is 6.07 Å². The third-order valence-electron chi connectivity index (χ3n) is 2.83. The van der Waals surface area contributed by atoms with Crippen molar-refractivity contribution in [3.8, 4) is 0 Å². The lowest BCUT2D eigenvalue weighted by Gasteiger charge is -2.14. The number of thiocarbonyl (C=S) groups is 1. The van der Waals surface area contributed by atoms with Crippen molar-refractivity contribution in [1.29, 1.82) is 0 Å². The van der Waals surface area contributed by atoms with Crippen molar-refractivity contribution in [1.82, 2.24) is 5.43 Å². The van der Waals surface area contributed by atoms with Gasteiger partial charge in [-0.05, 0) is 30.4 Å². The van der Waals surface area contributed by atoms with Gasteiger partial charge in [0.05, 0.1) is 27.5 Å². The first-order chi connectivity index (χ1) is 11.3. The molecule has 0 unspecified atom stereocenters. The Bertz CT molecular complexity index is 779. The van der Waals surface area contributed by atoms with Gasteiger partial charge in [0.15, 0.2) is 5.11 Å². The van der Waals surface area contributed by atoms with Gasteiger partial charge < -0.3 is 5.32 Å². The smallest absolute Gasteiger partial charge is 0.331 e. The lowest BCUT2D eigenvalue weighted by Crippen LogP contribution is -2.25. The van der Waals surface area contributed by atoms with E-state index in [-0.39, 0.29) is 10.8 Å².